The first-order valence-corrected chi connectivity index (χ1v) is 12.7. The number of aliphatic hydroxyl groups is 1. The van der Waals surface area contributed by atoms with Crippen molar-refractivity contribution in [2.75, 3.05) is 6.61 Å². The van der Waals surface area contributed by atoms with E-state index in [1.54, 1.807) is 6.92 Å². The number of rotatable bonds is 8. The molecule has 0 fully saturated rings. The maximum atomic E-state index is 12.6. The molecule has 0 saturated heterocycles. The molecular formula is C30H29NO4S. The van der Waals surface area contributed by atoms with Gasteiger partial charge in [0, 0.05) is 0 Å². The highest BCUT2D eigenvalue weighted by atomic mass is 32.2. The Bertz CT molecular complexity index is 1300. The summed E-state index contributed by atoms with van der Waals surface area (Å²) in [4.78, 5) is 17.8. The Morgan fingerprint density at radius 3 is 2.25 bits per heavy atom. The molecule has 3 aromatic carbocycles. The van der Waals surface area contributed by atoms with Gasteiger partial charge in [0.05, 0.1) is 17.2 Å². The largest absolute Gasteiger partial charge is 0.506 e. The first-order chi connectivity index (χ1) is 17.5. The summed E-state index contributed by atoms with van der Waals surface area (Å²) < 4.78 is 11.1. The van der Waals surface area contributed by atoms with Crippen molar-refractivity contribution < 1.29 is 19.4 Å². The lowest BCUT2D eigenvalue weighted by Crippen LogP contribution is -2.12. The highest BCUT2D eigenvalue weighted by Gasteiger charge is 2.33. The van der Waals surface area contributed by atoms with Crippen molar-refractivity contribution in [3.63, 3.8) is 0 Å². The second kappa shape index (κ2) is 11.8. The molecule has 1 aliphatic heterocycles. The fraction of sp³-hybridized carbons (Fsp3) is 0.200. The monoisotopic (exact) mass is 499 g/mol. The second-order valence-electron chi connectivity index (χ2n) is 8.33. The molecule has 0 saturated carbocycles. The number of hydrogen-bond donors (Lipinski definition) is 1. The second-order valence-corrected chi connectivity index (χ2v) is 9.37. The van der Waals surface area contributed by atoms with E-state index in [0.717, 1.165) is 23.3 Å². The minimum Gasteiger partial charge on any atom is -0.506 e. The third kappa shape index (κ3) is 6.26. The normalized spacial score (nSPS) is 15.5. The maximum absolute atomic E-state index is 12.6. The number of carbonyl (C=O) groups is 1. The van der Waals surface area contributed by atoms with E-state index in [9.17, 15) is 9.90 Å². The molecule has 184 valence electrons. The minimum atomic E-state index is -0.588. The average Bonchev–Trinajstić information content (AvgIpc) is 3.19. The average molecular weight is 500 g/mol. The number of aliphatic imine (C=N–C) groups is 1. The maximum Gasteiger partial charge on any atom is 0.344 e. The smallest absolute Gasteiger partial charge is 0.344 e. The molecule has 1 heterocycles. The zero-order chi connectivity index (χ0) is 25.5. The van der Waals surface area contributed by atoms with Gasteiger partial charge in [0.1, 0.15) is 28.7 Å². The van der Waals surface area contributed by atoms with Gasteiger partial charge in [-0.2, -0.15) is 0 Å². The Morgan fingerprint density at radius 2 is 1.61 bits per heavy atom. The van der Waals surface area contributed by atoms with Crippen molar-refractivity contribution in [2.45, 2.75) is 33.8 Å². The van der Waals surface area contributed by atoms with Gasteiger partial charge in [-0.1, -0.05) is 72.8 Å². The lowest BCUT2D eigenvalue weighted by molar-refractivity contribution is -0.138. The van der Waals surface area contributed by atoms with E-state index < -0.39 is 5.97 Å². The molecule has 0 unspecified atom stereocenters. The molecule has 0 radical (unpaired) electrons. The summed E-state index contributed by atoms with van der Waals surface area (Å²) in [5.41, 5.74) is 5.18. The predicted octanol–water partition coefficient (Wildman–Crippen LogP) is 7.33. The zero-order valence-corrected chi connectivity index (χ0v) is 21.5. The number of esters is 1. The van der Waals surface area contributed by atoms with Gasteiger partial charge in [0.2, 0.25) is 0 Å². The fourth-order valence-electron chi connectivity index (χ4n) is 3.58. The highest BCUT2D eigenvalue weighted by molar-refractivity contribution is 8.18. The van der Waals surface area contributed by atoms with E-state index in [1.807, 2.05) is 54.6 Å². The van der Waals surface area contributed by atoms with Gasteiger partial charge < -0.3 is 14.6 Å². The van der Waals surface area contributed by atoms with Crippen LogP contribution >= 0.6 is 11.8 Å². The number of thioether (sulfide) groups is 1. The van der Waals surface area contributed by atoms with Gasteiger partial charge in [-0.15, -0.1) is 0 Å². The van der Waals surface area contributed by atoms with Crippen molar-refractivity contribution in [3.05, 3.63) is 111 Å². The van der Waals surface area contributed by atoms with E-state index >= 15 is 0 Å². The van der Waals surface area contributed by atoms with Gasteiger partial charge in [-0.25, -0.2) is 9.79 Å². The predicted molar refractivity (Wildman–Crippen MR) is 147 cm³/mol. The molecule has 0 aliphatic carbocycles. The Morgan fingerprint density at radius 1 is 0.944 bits per heavy atom. The standard InChI is InChI=1S/C30H29NO4S/c1-4-21-10-14-24(15-11-21)31-29-27(30(33)34-5-2)28(32)26(36-29)18-22-12-16-25(17-13-22)35-19-23-8-6-20(3)7-9-23/h6-18,32H,4-5,19H2,1-3H3/b26-18+,31-29?. The van der Waals surface area contributed by atoms with Crippen LogP contribution in [0.15, 0.2) is 94.0 Å². The van der Waals surface area contributed by atoms with Crippen LogP contribution in [-0.2, 0) is 22.6 Å². The lowest BCUT2D eigenvalue weighted by atomic mass is 10.1. The van der Waals surface area contributed by atoms with Crippen molar-refractivity contribution in [1.29, 1.82) is 0 Å². The summed E-state index contributed by atoms with van der Waals surface area (Å²) in [6.07, 6.45) is 2.76. The van der Waals surface area contributed by atoms with Gasteiger partial charge in [-0.3, -0.25) is 0 Å². The van der Waals surface area contributed by atoms with Crippen LogP contribution in [-0.4, -0.2) is 22.7 Å². The summed E-state index contributed by atoms with van der Waals surface area (Å²) in [5.74, 6) is 0.0401. The number of aryl methyl sites for hydroxylation is 2. The number of carbonyl (C=O) groups excluding carboxylic acids is 1. The Balaban J connectivity index is 1.54. The molecule has 1 N–H and O–H groups in total. The van der Waals surface area contributed by atoms with Crippen LogP contribution in [0.3, 0.4) is 0 Å². The molecule has 1 aliphatic rings. The Kier molecular flexibility index (Phi) is 8.28. The van der Waals surface area contributed by atoms with Crippen molar-refractivity contribution in [1.82, 2.24) is 0 Å². The van der Waals surface area contributed by atoms with E-state index in [-0.39, 0.29) is 17.9 Å². The van der Waals surface area contributed by atoms with Crippen molar-refractivity contribution in [3.8, 4) is 5.75 Å². The van der Waals surface area contributed by atoms with Crippen LogP contribution in [0.25, 0.3) is 6.08 Å². The summed E-state index contributed by atoms with van der Waals surface area (Å²) in [6.45, 7) is 6.58. The molecule has 4 rings (SSSR count). The quantitative estimate of drug-likeness (QED) is 0.329. The molecule has 6 heteroatoms. The minimum absolute atomic E-state index is 0.0886. The molecule has 0 bridgehead atoms. The molecule has 0 amide bonds. The SMILES string of the molecule is CCOC(=O)C1=C(O)/C(=C\c2ccc(OCc3ccc(C)cc3)cc2)SC1=Nc1ccc(CC)cc1. The summed E-state index contributed by atoms with van der Waals surface area (Å²) >= 11 is 1.25. The topological polar surface area (TPSA) is 68.1 Å². The molecular weight excluding hydrogens is 470 g/mol. The lowest BCUT2D eigenvalue weighted by Gasteiger charge is -2.07. The first-order valence-electron chi connectivity index (χ1n) is 11.9. The third-order valence-corrected chi connectivity index (χ3v) is 6.67. The van der Waals surface area contributed by atoms with Crippen LogP contribution < -0.4 is 4.74 Å². The molecule has 0 atom stereocenters. The summed E-state index contributed by atoms with van der Waals surface area (Å²) in [6, 6.07) is 23.7. The van der Waals surface area contributed by atoms with Crippen molar-refractivity contribution in [2.24, 2.45) is 4.99 Å². The van der Waals surface area contributed by atoms with Gasteiger partial charge in [0.25, 0.3) is 0 Å². The Hall–Kier alpha value is -3.77. The third-order valence-electron chi connectivity index (χ3n) is 5.65. The van der Waals surface area contributed by atoms with Gasteiger partial charge in [-0.05, 0) is 67.3 Å². The van der Waals surface area contributed by atoms with Crippen LogP contribution in [0.4, 0.5) is 5.69 Å². The van der Waals surface area contributed by atoms with E-state index in [1.165, 1.54) is 22.9 Å². The van der Waals surface area contributed by atoms with E-state index in [0.29, 0.717) is 22.2 Å². The van der Waals surface area contributed by atoms with Crippen LogP contribution in [0.2, 0.25) is 0 Å². The van der Waals surface area contributed by atoms with Crippen LogP contribution in [0.5, 0.6) is 5.75 Å². The van der Waals surface area contributed by atoms with Crippen molar-refractivity contribution >= 4 is 34.5 Å². The fourth-order valence-corrected chi connectivity index (χ4v) is 4.61. The number of aliphatic hydroxyl groups excluding tert-OH is 1. The summed E-state index contributed by atoms with van der Waals surface area (Å²) in [5, 5.41) is 11.3. The molecule has 0 spiro atoms. The molecule has 0 aromatic heterocycles. The molecule has 5 nitrogen and oxygen atoms in total. The number of hydrogen-bond acceptors (Lipinski definition) is 6. The molecule has 36 heavy (non-hydrogen) atoms. The highest BCUT2D eigenvalue weighted by Crippen LogP contribution is 2.40. The van der Waals surface area contributed by atoms with E-state index in [4.69, 9.17) is 9.47 Å². The van der Waals surface area contributed by atoms with Gasteiger partial charge >= 0.3 is 5.97 Å². The van der Waals surface area contributed by atoms with Gasteiger partial charge in [0.15, 0.2) is 0 Å². The summed E-state index contributed by atoms with van der Waals surface area (Å²) in [7, 11) is 0. The van der Waals surface area contributed by atoms with Crippen LogP contribution in [0.1, 0.15) is 36.1 Å². The van der Waals surface area contributed by atoms with Crippen LogP contribution in [0, 0.1) is 6.92 Å². The number of ether oxygens (including phenoxy) is 2. The Labute approximate surface area is 216 Å². The molecule has 3 aromatic rings. The first kappa shape index (κ1) is 25.3. The number of benzene rings is 3. The number of nitrogens with zero attached hydrogens (tertiary/aromatic N) is 1. The van der Waals surface area contributed by atoms with E-state index in [2.05, 4.69) is 43.1 Å². The zero-order valence-electron chi connectivity index (χ0n) is 20.7.